The zero-order chi connectivity index (χ0) is 22.8. The van der Waals surface area contributed by atoms with Crippen LogP contribution in [0.1, 0.15) is 11.1 Å². The van der Waals surface area contributed by atoms with Gasteiger partial charge in [0.1, 0.15) is 5.75 Å². The normalized spacial score (nSPS) is 11.9. The molecular weight excluding hydrogens is 433 g/mol. The van der Waals surface area contributed by atoms with E-state index in [0.29, 0.717) is 5.56 Å². The minimum atomic E-state index is -4.53. The summed E-state index contributed by atoms with van der Waals surface area (Å²) in [5.41, 5.74) is -0.103. The zero-order valence-electron chi connectivity index (χ0n) is 16.2. The van der Waals surface area contributed by atoms with E-state index in [4.69, 9.17) is 9.84 Å². The van der Waals surface area contributed by atoms with E-state index in [9.17, 15) is 26.4 Å². The van der Waals surface area contributed by atoms with Gasteiger partial charge in [0.2, 0.25) is 9.84 Å². The van der Waals surface area contributed by atoms with E-state index in [2.05, 4.69) is 0 Å². The van der Waals surface area contributed by atoms with Crippen LogP contribution in [0.5, 0.6) is 5.75 Å². The summed E-state index contributed by atoms with van der Waals surface area (Å²) >= 11 is 0. The fourth-order valence-electron chi connectivity index (χ4n) is 3.03. The standard InChI is InChI=1S/C22H17F3O5S/c1-30-18-8-14(10-21(26)27)9-20(13-18)31(28,29)19-7-3-5-16(12-19)15-4-2-6-17(11-15)22(23,24)25/h2-9,11-13H,10H2,1H3,(H,26,27). The molecule has 3 aromatic carbocycles. The number of carbonyl (C=O) groups is 1. The number of hydrogen-bond acceptors (Lipinski definition) is 4. The third kappa shape index (κ3) is 5.05. The van der Waals surface area contributed by atoms with E-state index >= 15 is 0 Å². The lowest BCUT2D eigenvalue weighted by Gasteiger charge is -2.12. The van der Waals surface area contributed by atoms with Crippen molar-refractivity contribution in [2.75, 3.05) is 7.11 Å². The molecule has 0 fully saturated rings. The molecular formula is C22H17F3O5S. The van der Waals surface area contributed by atoms with Crippen LogP contribution in [0.4, 0.5) is 13.2 Å². The number of methoxy groups -OCH3 is 1. The molecule has 1 N–H and O–H groups in total. The Kier molecular flexibility index (Phi) is 6.08. The van der Waals surface area contributed by atoms with Crippen LogP contribution in [-0.2, 0) is 27.2 Å². The van der Waals surface area contributed by atoms with E-state index < -0.39 is 34.0 Å². The smallest absolute Gasteiger partial charge is 0.416 e. The van der Waals surface area contributed by atoms with Gasteiger partial charge in [0.15, 0.2) is 0 Å². The Bertz CT molecular complexity index is 1230. The van der Waals surface area contributed by atoms with Gasteiger partial charge in [0.25, 0.3) is 0 Å². The number of hydrogen-bond donors (Lipinski definition) is 1. The maximum absolute atomic E-state index is 13.2. The van der Waals surface area contributed by atoms with Gasteiger partial charge in [-0.3, -0.25) is 4.79 Å². The highest BCUT2D eigenvalue weighted by atomic mass is 32.2. The predicted molar refractivity (Wildman–Crippen MR) is 107 cm³/mol. The molecule has 162 valence electrons. The predicted octanol–water partition coefficient (Wildman–Crippen LogP) is 4.84. The van der Waals surface area contributed by atoms with Gasteiger partial charge in [0, 0.05) is 0 Å². The van der Waals surface area contributed by atoms with E-state index in [1.807, 2.05) is 0 Å². The maximum atomic E-state index is 13.2. The van der Waals surface area contributed by atoms with Gasteiger partial charge < -0.3 is 9.84 Å². The van der Waals surface area contributed by atoms with Crippen LogP contribution in [0.25, 0.3) is 11.1 Å². The summed E-state index contributed by atoms with van der Waals surface area (Å²) in [5.74, 6) is -0.963. The molecule has 9 heteroatoms. The Labute approximate surface area is 176 Å². The third-order valence-corrected chi connectivity index (χ3v) is 6.24. The van der Waals surface area contributed by atoms with Crippen molar-refractivity contribution in [1.29, 1.82) is 0 Å². The van der Waals surface area contributed by atoms with Crippen LogP contribution in [-0.4, -0.2) is 26.6 Å². The van der Waals surface area contributed by atoms with Crippen LogP contribution in [0.2, 0.25) is 0 Å². The highest BCUT2D eigenvalue weighted by molar-refractivity contribution is 7.91. The van der Waals surface area contributed by atoms with Crippen LogP contribution in [0.15, 0.2) is 76.5 Å². The number of sulfone groups is 1. The minimum Gasteiger partial charge on any atom is -0.497 e. The van der Waals surface area contributed by atoms with Crippen LogP contribution >= 0.6 is 0 Å². The second-order valence-corrected chi connectivity index (χ2v) is 8.65. The summed E-state index contributed by atoms with van der Waals surface area (Å²) in [6.07, 6.45) is -4.93. The summed E-state index contributed by atoms with van der Waals surface area (Å²) in [6, 6.07) is 14.1. The van der Waals surface area contributed by atoms with Gasteiger partial charge in [-0.15, -0.1) is 0 Å². The summed E-state index contributed by atoms with van der Waals surface area (Å²) in [6.45, 7) is 0. The molecule has 0 unspecified atom stereocenters. The fraction of sp³-hybridized carbons (Fsp3) is 0.136. The first kappa shape index (κ1) is 22.4. The van der Waals surface area contributed by atoms with E-state index in [1.54, 1.807) is 0 Å². The number of aliphatic carboxylic acids is 1. The quantitative estimate of drug-likeness (QED) is 0.581. The maximum Gasteiger partial charge on any atom is 0.416 e. The number of rotatable bonds is 6. The highest BCUT2D eigenvalue weighted by Crippen LogP contribution is 2.33. The second-order valence-electron chi connectivity index (χ2n) is 6.70. The van der Waals surface area contributed by atoms with Gasteiger partial charge in [0.05, 0.1) is 28.9 Å². The van der Waals surface area contributed by atoms with E-state index in [0.717, 1.165) is 12.1 Å². The lowest BCUT2D eigenvalue weighted by atomic mass is 10.0. The average Bonchev–Trinajstić information content (AvgIpc) is 2.72. The van der Waals surface area contributed by atoms with E-state index in [1.165, 1.54) is 61.7 Å². The van der Waals surface area contributed by atoms with Crippen molar-refractivity contribution >= 4 is 15.8 Å². The minimum absolute atomic E-state index is 0.142. The number of benzene rings is 3. The zero-order valence-corrected chi connectivity index (χ0v) is 17.0. The Morgan fingerprint density at radius 3 is 2.19 bits per heavy atom. The Hall–Kier alpha value is -3.33. The lowest BCUT2D eigenvalue weighted by molar-refractivity contribution is -0.138. The molecule has 5 nitrogen and oxygen atoms in total. The van der Waals surface area contributed by atoms with Crippen LogP contribution in [0.3, 0.4) is 0 Å². The van der Waals surface area contributed by atoms with Crippen molar-refractivity contribution in [3.63, 3.8) is 0 Å². The largest absolute Gasteiger partial charge is 0.497 e. The van der Waals surface area contributed by atoms with Crippen LogP contribution < -0.4 is 4.74 Å². The first-order chi connectivity index (χ1) is 14.5. The molecule has 0 heterocycles. The van der Waals surface area contributed by atoms with Gasteiger partial charge in [-0.1, -0.05) is 24.3 Å². The van der Waals surface area contributed by atoms with Gasteiger partial charge >= 0.3 is 12.1 Å². The number of alkyl halides is 3. The molecule has 0 saturated carbocycles. The average molecular weight is 450 g/mol. The molecule has 0 aliphatic carbocycles. The van der Waals surface area contributed by atoms with Crippen molar-refractivity contribution in [2.45, 2.75) is 22.4 Å². The molecule has 0 aromatic heterocycles. The molecule has 0 saturated heterocycles. The topological polar surface area (TPSA) is 80.7 Å². The summed E-state index contributed by atoms with van der Waals surface area (Å²) in [5, 5.41) is 9.01. The summed E-state index contributed by atoms with van der Waals surface area (Å²) < 4.78 is 70.5. The molecule has 0 radical (unpaired) electrons. The van der Waals surface area contributed by atoms with Crippen LogP contribution in [0, 0.1) is 0 Å². The van der Waals surface area contributed by atoms with Gasteiger partial charge in [-0.25, -0.2) is 8.42 Å². The molecule has 0 bridgehead atoms. The molecule has 31 heavy (non-hydrogen) atoms. The first-order valence-electron chi connectivity index (χ1n) is 8.93. The molecule has 3 aromatic rings. The highest BCUT2D eigenvalue weighted by Gasteiger charge is 2.30. The third-order valence-electron chi connectivity index (χ3n) is 4.51. The molecule has 0 aliphatic rings. The first-order valence-corrected chi connectivity index (χ1v) is 10.4. The summed E-state index contributed by atoms with van der Waals surface area (Å²) in [4.78, 5) is 10.7. The molecule has 3 rings (SSSR count). The van der Waals surface area contributed by atoms with Crippen molar-refractivity contribution in [3.8, 4) is 16.9 Å². The van der Waals surface area contributed by atoms with Crippen molar-refractivity contribution in [1.82, 2.24) is 0 Å². The van der Waals surface area contributed by atoms with Crippen molar-refractivity contribution in [3.05, 3.63) is 77.9 Å². The fourth-order valence-corrected chi connectivity index (χ4v) is 4.42. The van der Waals surface area contributed by atoms with Crippen molar-refractivity contribution < 1.29 is 36.2 Å². The molecule has 0 atom stereocenters. The van der Waals surface area contributed by atoms with Gasteiger partial charge in [-0.2, -0.15) is 13.2 Å². The number of ether oxygens (including phenoxy) is 1. The Morgan fingerprint density at radius 2 is 1.58 bits per heavy atom. The van der Waals surface area contributed by atoms with Gasteiger partial charge in [-0.05, 0) is 59.2 Å². The second kappa shape index (κ2) is 8.43. The SMILES string of the molecule is COc1cc(CC(=O)O)cc(S(=O)(=O)c2cccc(-c3cccc(C(F)(F)F)c3)c2)c1. The summed E-state index contributed by atoms with van der Waals surface area (Å²) in [7, 11) is -2.77. The van der Waals surface area contributed by atoms with E-state index in [-0.39, 0.29) is 26.7 Å². The molecule has 0 aliphatic heterocycles. The number of halogens is 3. The molecule has 0 amide bonds. The van der Waals surface area contributed by atoms with Crippen molar-refractivity contribution in [2.24, 2.45) is 0 Å². The Morgan fingerprint density at radius 1 is 0.935 bits per heavy atom. The molecule has 0 spiro atoms. The number of carboxylic acids is 1. The Balaban J connectivity index is 2.07. The lowest BCUT2D eigenvalue weighted by Crippen LogP contribution is -2.06. The number of carboxylic acid groups (broad SMARTS) is 1. The monoisotopic (exact) mass is 450 g/mol.